The highest BCUT2D eigenvalue weighted by molar-refractivity contribution is 8.14. The normalized spacial score (nSPS) is 20.2. The molecule has 6 heteroatoms. The number of para-hydroxylation sites is 1. The molecule has 1 heterocycles. The first kappa shape index (κ1) is 23.7. The van der Waals surface area contributed by atoms with Crippen LogP contribution < -0.4 is 9.64 Å². The molecule has 0 aromatic heterocycles. The number of benzene rings is 2. The van der Waals surface area contributed by atoms with Crippen LogP contribution in [0.4, 0.5) is 5.69 Å². The highest BCUT2D eigenvalue weighted by Crippen LogP contribution is 2.33. The molecular formula is C27H35N3O2S. The van der Waals surface area contributed by atoms with Crippen molar-refractivity contribution >= 4 is 28.5 Å². The largest absolute Gasteiger partial charge is 0.457 e. The number of amidine groups is 1. The van der Waals surface area contributed by atoms with E-state index in [1.54, 1.807) is 18.7 Å². The summed E-state index contributed by atoms with van der Waals surface area (Å²) in [6.07, 6.45) is 8.47. The maximum atomic E-state index is 12.8. The van der Waals surface area contributed by atoms with Crippen LogP contribution in [-0.4, -0.2) is 40.5 Å². The fourth-order valence-electron chi connectivity index (χ4n) is 4.58. The predicted molar refractivity (Wildman–Crippen MR) is 138 cm³/mol. The number of ether oxygens (including phenoxy) is 1. The van der Waals surface area contributed by atoms with E-state index in [4.69, 9.17) is 9.73 Å². The standard InChI is InChI=1S/C27H35N3O2S/c1-3-4-19-29-26(20-33-27(29)28-22-11-7-5-8-12-22)30(21(2)31)23-15-17-25(18-16-23)32-24-13-9-6-10-14-24/h6,9-10,13-18,22,26H,3-5,7-8,11-12,19-20H2,1-2H3. The van der Waals surface area contributed by atoms with Crippen molar-refractivity contribution in [1.82, 2.24) is 4.90 Å². The molecule has 2 aromatic rings. The van der Waals surface area contributed by atoms with E-state index < -0.39 is 0 Å². The molecule has 2 aliphatic rings. The average molecular weight is 466 g/mol. The molecule has 1 saturated carbocycles. The van der Waals surface area contributed by atoms with Crippen molar-refractivity contribution < 1.29 is 9.53 Å². The van der Waals surface area contributed by atoms with Gasteiger partial charge in [0.15, 0.2) is 5.17 Å². The van der Waals surface area contributed by atoms with Crippen molar-refractivity contribution in [3.63, 3.8) is 0 Å². The van der Waals surface area contributed by atoms with Gasteiger partial charge in [-0.25, -0.2) is 0 Å². The lowest BCUT2D eigenvalue weighted by atomic mass is 9.96. The molecular weight excluding hydrogens is 430 g/mol. The third-order valence-corrected chi connectivity index (χ3v) is 7.38. The Balaban J connectivity index is 1.54. The zero-order chi connectivity index (χ0) is 23.0. The molecule has 5 nitrogen and oxygen atoms in total. The first-order chi connectivity index (χ1) is 16.2. The van der Waals surface area contributed by atoms with Crippen molar-refractivity contribution in [1.29, 1.82) is 0 Å². The highest BCUT2D eigenvalue weighted by Gasteiger charge is 2.36. The van der Waals surface area contributed by atoms with Crippen molar-refractivity contribution in [3.05, 3.63) is 54.6 Å². The second-order valence-electron chi connectivity index (χ2n) is 8.84. The lowest BCUT2D eigenvalue weighted by Gasteiger charge is -2.35. The molecule has 0 bridgehead atoms. The van der Waals surface area contributed by atoms with Crippen LogP contribution in [0.3, 0.4) is 0 Å². The molecule has 4 rings (SSSR count). The Bertz CT molecular complexity index is 926. The summed E-state index contributed by atoms with van der Waals surface area (Å²) in [5.74, 6) is 2.46. The first-order valence-corrected chi connectivity index (χ1v) is 13.2. The summed E-state index contributed by atoms with van der Waals surface area (Å²) in [4.78, 5) is 22.3. The number of hydrogen-bond donors (Lipinski definition) is 0. The molecule has 1 aliphatic heterocycles. The number of unbranched alkanes of at least 4 members (excludes halogenated alkanes) is 1. The lowest BCUT2D eigenvalue weighted by molar-refractivity contribution is -0.117. The maximum absolute atomic E-state index is 12.8. The van der Waals surface area contributed by atoms with Crippen molar-refractivity contribution in [2.24, 2.45) is 4.99 Å². The lowest BCUT2D eigenvalue weighted by Crippen LogP contribution is -2.50. The molecule has 2 fully saturated rings. The Kier molecular flexibility index (Phi) is 8.32. The number of aliphatic imine (C=N–C) groups is 1. The molecule has 0 radical (unpaired) electrons. The second kappa shape index (κ2) is 11.6. The van der Waals surface area contributed by atoms with Crippen molar-refractivity contribution in [2.75, 3.05) is 17.2 Å². The highest BCUT2D eigenvalue weighted by atomic mass is 32.2. The Labute approximate surface area is 202 Å². The third kappa shape index (κ3) is 6.11. The van der Waals surface area contributed by atoms with Gasteiger partial charge in [-0.05, 0) is 55.7 Å². The zero-order valence-corrected chi connectivity index (χ0v) is 20.6. The molecule has 33 heavy (non-hydrogen) atoms. The van der Waals surface area contributed by atoms with Crippen LogP contribution in [0.15, 0.2) is 59.6 Å². The van der Waals surface area contributed by atoms with Gasteiger partial charge in [-0.2, -0.15) is 0 Å². The van der Waals surface area contributed by atoms with Crippen LogP contribution in [0.25, 0.3) is 0 Å². The topological polar surface area (TPSA) is 45.1 Å². The fourth-order valence-corrected chi connectivity index (χ4v) is 5.81. The number of carbonyl (C=O) groups is 1. The molecule has 2 aromatic carbocycles. The number of hydrogen-bond acceptors (Lipinski definition) is 4. The summed E-state index contributed by atoms with van der Waals surface area (Å²) in [6.45, 7) is 4.80. The van der Waals surface area contributed by atoms with Crippen LogP contribution in [-0.2, 0) is 4.79 Å². The van der Waals surface area contributed by atoms with Crippen LogP contribution in [0.5, 0.6) is 11.5 Å². The van der Waals surface area contributed by atoms with E-state index in [2.05, 4.69) is 11.8 Å². The molecule has 1 atom stereocenters. The minimum atomic E-state index is -0.0118. The molecule has 0 N–H and O–H groups in total. The SMILES string of the molecule is CCCCN1C(=NC2CCCCC2)SCC1N(C(C)=O)c1ccc(Oc2ccccc2)cc1. The van der Waals surface area contributed by atoms with Gasteiger partial charge >= 0.3 is 0 Å². The molecule has 176 valence electrons. The van der Waals surface area contributed by atoms with E-state index in [-0.39, 0.29) is 12.1 Å². The van der Waals surface area contributed by atoms with E-state index in [0.717, 1.165) is 47.5 Å². The number of nitrogens with zero attached hydrogens (tertiary/aromatic N) is 3. The maximum Gasteiger partial charge on any atom is 0.225 e. The molecule has 0 spiro atoms. The van der Waals surface area contributed by atoms with E-state index in [9.17, 15) is 4.79 Å². The van der Waals surface area contributed by atoms with Gasteiger partial charge in [0.25, 0.3) is 0 Å². The van der Waals surface area contributed by atoms with Gasteiger partial charge in [-0.15, -0.1) is 0 Å². The van der Waals surface area contributed by atoms with Crippen LogP contribution in [0, 0.1) is 0 Å². The third-order valence-electron chi connectivity index (χ3n) is 6.32. The molecule has 1 aliphatic carbocycles. The Hall–Kier alpha value is -2.47. The van der Waals surface area contributed by atoms with Gasteiger partial charge in [0, 0.05) is 24.9 Å². The summed E-state index contributed by atoms with van der Waals surface area (Å²) in [7, 11) is 0. The molecule has 1 unspecified atom stereocenters. The van der Waals surface area contributed by atoms with E-state index >= 15 is 0 Å². The molecule has 1 amide bonds. The monoisotopic (exact) mass is 465 g/mol. The van der Waals surface area contributed by atoms with Crippen molar-refractivity contribution in [2.45, 2.75) is 71.0 Å². The molecule has 1 saturated heterocycles. The van der Waals surface area contributed by atoms with Gasteiger partial charge in [-0.3, -0.25) is 14.7 Å². The van der Waals surface area contributed by atoms with E-state index in [1.165, 1.54) is 32.1 Å². The summed E-state index contributed by atoms with van der Waals surface area (Å²) in [6, 6.07) is 18.0. The number of anilines is 1. The first-order valence-electron chi connectivity index (χ1n) is 12.3. The van der Waals surface area contributed by atoms with Gasteiger partial charge in [0.05, 0.1) is 6.04 Å². The summed E-state index contributed by atoms with van der Waals surface area (Å²) < 4.78 is 5.94. The summed E-state index contributed by atoms with van der Waals surface area (Å²) in [5.41, 5.74) is 0.897. The number of amides is 1. The average Bonchev–Trinajstić information content (AvgIpc) is 3.21. The zero-order valence-electron chi connectivity index (χ0n) is 19.8. The summed E-state index contributed by atoms with van der Waals surface area (Å²) >= 11 is 1.81. The Morgan fingerprint density at radius 2 is 1.76 bits per heavy atom. The second-order valence-corrected chi connectivity index (χ2v) is 9.83. The van der Waals surface area contributed by atoms with Crippen molar-refractivity contribution in [3.8, 4) is 11.5 Å². The van der Waals surface area contributed by atoms with Gasteiger partial charge in [0.2, 0.25) is 5.91 Å². The Morgan fingerprint density at radius 1 is 1.06 bits per heavy atom. The minimum Gasteiger partial charge on any atom is -0.457 e. The van der Waals surface area contributed by atoms with Gasteiger partial charge < -0.3 is 9.64 Å². The summed E-state index contributed by atoms with van der Waals surface area (Å²) in [5, 5.41) is 1.12. The fraction of sp³-hybridized carbons (Fsp3) is 0.481. The number of thioether (sulfide) groups is 1. The quantitative estimate of drug-likeness (QED) is 0.435. The number of rotatable bonds is 8. The van der Waals surface area contributed by atoms with Crippen LogP contribution >= 0.6 is 11.8 Å². The smallest absolute Gasteiger partial charge is 0.225 e. The van der Waals surface area contributed by atoms with Crippen LogP contribution in [0.1, 0.15) is 58.8 Å². The van der Waals surface area contributed by atoms with E-state index in [1.807, 2.05) is 59.5 Å². The minimum absolute atomic E-state index is 0.0118. The van der Waals surface area contributed by atoms with E-state index in [0.29, 0.717) is 6.04 Å². The Morgan fingerprint density at radius 3 is 2.42 bits per heavy atom. The van der Waals surface area contributed by atoms with Gasteiger partial charge in [-0.1, -0.05) is 62.6 Å². The van der Waals surface area contributed by atoms with Crippen LogP contribution in [0.2, 0.25) is 0 Å². The number of carbonyl (C=O) groups excluding carboxylic acids is 1. The predicted octanol–water partition coefficient (Wildman–Crippen LogP) is 6.70. The van der Waals surface area contributed by atoms with Gasteiger partial charge in [0.1, 0.15) is 17.7 Å².